The number of benzene rings is 2. The number of nitrogens with two attached hydrogens (primary N) is 1. The SMILES string of the molecule is C=CNc1cnc(N2CCCCC2)nc1C(N)=Nc1cc(C(=O)Nc2cc(C(F)(F)F)ccc2OC)ccc1C. The fraction of sp³-hybridized carbons (Fsp3) is 0.286. The first kappa shape index (κ1) is 28.4. The Bertz CT molecular complexity index is 1430. The molecule has 9 nitrogen and oxygen atoms in total. The van der Waals surface area contributed by atoms with Crippen LogP contribution in [-0.4, -0.2) is 41.9 Å². The maximum absolute atomic E-state index is 13.2. The monoisotopic (exact) mass is 553 g/mol. The molecular weight excluding hydrogens is 523 g/mol. The van der Waals surface area contributed by atoms with Gasteiger partial charge in [-0.3, -0.25) is 4.79 Å². The molecule has 1 amide bonds. The quantitative estimate of drug-likeness (QED) is 0.244. The number of nitrogens with one attached hydrogen (secondary N) is 2. The largest absolute Gasteiger partial charge is 0.495 e. The third-order valence-electron chi connectivity index (χ3n) is 6.40. The Balaban J connectivity index is 1.65. The normalized spacial score (nSPS) is 14.0. The number of rotatable bonds is 8. The zero-order valence-electron chi connectivity index (χ0n) is 22.2. The first-order valence-corrected chi connectivity index (χ1v) is 12.6. The molecule has 0 unspecified atom stereocenters. The Labute approximate surface area is 230 Å². The van der Waals surface area contributed by atoms with Crippen LogP contribution in [0.5, 0.6) is 5.75 Å². The highest BCUT2D eigenvalue weighted by molar-refractivity contribution is 6.06. The van der Waals surface area contributed by atoms with E-state index in [-0.39, 0.29) is 22.8 Å². The van der Waals surface area contributed by atoms with Gasteiger partial charge in [-0.05, 0) is 68.3 Å². The number of hydrogen-bond acceptors (Lipinski definition) is 7. The van der Waals surface area contributed by atoms with Crippen LogP contribution in [0.3, 0.4) is 0 Å². The lowest BCUT2D eigenvalue weighted by Crippen LogP contribution is -2.32. The van der Waals surface area contributed by atoms with Gasteiger partial charge in [0, 0.05) is 18.7 Å². The number of halogens is 3. The molecule has 0 aliphatic carbocycles. The summed E-state index contributed by atoms with van der Waals surface area (Å²) in [7, 11) is 1.30. The number of aryl methyl sites for hydroxylation is 1. The Morgan fingerprint density at radius 1 is 1.15 bits per heavy atom. The Morgan fingerprint density at radius 3 is 2.58 bits per heavy atom. The predicted octanol–water partition coefficient (Wildman–Crippen LogP) is 5.65. The van der Waals surface area contributed by atoms with Crippen LogP contribution in [0.4, 0.5) is 36.2 Å². The van der Waals surface area contributed by atoms with Gasteiger partial charge < -0.3 is 26.0 Å². The van der Waals surface area contributed by atoms with Crippen molar-refractivity contribution >= 4 is 34.8 Å². The minimum absolute atomic E-state index is 0.0882. The Morgan fingerprint density at radius 2 is 1.90 bits per heavy atom. The summed E-state index contributed by atoms with van der Waals surface area (Å²) in [6.07, 6.45) is 1.78. The Hall–Kier alpha value is -4.61. The van der Waals surface area contributed by atoms with Crippen molar-refractivity contribution in [1.82, 2.24) is 9.97 Å². The fourth-order valence-electron chi connectivity index (χ4n) is 4.26. The van der Waals surface area contributed by atoms with Gasteiger partial charge in [0.1, 0.15) is 11.4 Å². The smallest absolute Gasteiger partial charge is 0.416 e. The lowest BCUT2D eigenvalue weighted by Gasteiger charge is -2.27. The van der Waals surface area contributed by atoms with Gasteiger partial charge >= 0.3 is 6.18 Å². The number of carbonyl (C=O) groups is 1. The molecule has 12 heteroatoms. The first-order valence-electron chi connectivity index (χ1n) is 12.6. The van der Waals surface area contributed by atoms with Crippen molar-refractivity contribution in [3.8, 4) is 5.75 Å². The summed E-state index contributed by atoms with van der Waals surface area (Å²) < 4.78 is 44.8. The lowest BCUT2D eigenvalue weighted by molar-refractivity contribution is -0.137. The molecule has 4 N–H and O–H groups in total. The molecule has 40 heavy (non-hydrogen) atoms. The molecular formula is C28H30F3N7O2. The number of alkyl halides is 3. The molecule has 1 aliphatic heterocycles. The highest BCUT2D eigenvalue weighted by Crippen LogP contribution is 2.35. The highest BCUT2D eigenvalue weighted by atomic mass is 19.4. The second-order valence-corrected chi connectivity index (χ2v) is 9.19. The second-order valence-electron chi connectivity index (χ2n) is 9.19. The summed E-state index contributed by atoms with van der Waals surface area (Å²) in [5, 5.41) is 5.47. The number of hydrogen-bond donors (Lipinski definition) is 3. The van der Waals surface area contributed by atoms with E-state index in [1.165, 1.54) is 19.4 Å². The molecule has 1 aliphatic rings. The third kappa shape index (κ3) is 6.50. The minimum atomic E-state index is -4.58. The van der Waals surface area contributed by atoms with Gasteiger partial charge in [-0.15, -0.1) is 0 Å². The molecule has 2 heterocycles. The van der Waals surface area contributed by atoms with E-state index < -0.39 is 17.6 Å². The summed E-state index contributed by atoms with van der Waals surface area (Å²) in [5.41, 5.74) is 7.55. The predicted molar refractivity (Wildman–Crippen MR) is 149 cm³/mol. The van der Waals surface area contributed by atoms with E-state index in [1.54, 1.807) is 25.3 Å². The number of anilines is 3. The number of amidine groups is 1. The van der Waals surface area contributed by atoms with Crippen molar-refractivity contribution in [2.45, 2.75) is 32.4 Å². The second kappa shape index (κ2) is 12.1. The first-order chi connectivity index (χ1) is 19.1. The van der Waals surface area contributed by atoms with Crippen molar-refractivity contribution in [2.75, 3.05) is 35.7 Å². The average Bonchev–Trinajstić information content (AvgIpc) is 2.94. The van der Waals surface area contributed by atoms with Gasteiger partial charge in [-0.2, -0.15) is 13.2 Å². The molecule has 0 spiro atoms. The average molecular weight is 554 g/mol. The number of aliphatic imine (C=N–C) groups is 1. The molecule has 0 saturated carbocycles. The van der Waals surface area contributed by atoms with Crippen LogP contribution in [0.1, 0.15) is 46.4 Å². The van der Waals surface area contributed by atoms with Gasteiger partial charge in [-0.1, -0.05) is 12.6 Å². The summed E-state index contributed by atoms with van der Waals surface area (Å²) in [6.45, 7) is 7.18. The van der Waals surface area contributed by atoms with Gasteiger partial charge in [0.05, 0.1) is 35.9 Å². The molecule has 0 radical (unpaired) electrons. The van der Waals surface area contributed by atoms with Crippen LogP contribution in [0, 0.1) is 6.92 Å². The van der Waals surface area contributed by atoms with Crippen molar-refractivity contribution in [3.63, 3.8) is 0 Å². The summed E-state index contributed by atoms with van der Waals surface area (Å²) in [5.74, 6) is 0.0788. The highest BCUT2D eigenvalue weighted by Gasteiger charge is 2.31. The molecule has 0 atom stereocenters. The Kier molecular flexibility index (Phi) is 8.56. The maximum Gasteiger partial charge on any atom is 0.416 e. The van der Waals surface area contributed by atoms with Crippen LogP contribution >= 0.6 is 0 Å². The van der Waals surface area contributed by atoms with Gasteiger partial charge in [0.15, 0.2) is 5.84 Å². The summed E-state index contributed by atoms with van der Waals surface area (Å²) in [4.78, 5) is 28.8. The molecule has 1 saturated heterocycles. The third-order valence-corrected chi connectivity index (χ3v) is 6.40. The van der Waals surface area contributed by atoms with Crippen molar-refractivity contribution in [3.05, 3.63) is 77.8 Å². The number of ether oxygens (including phenoxy) is 1. The van der Waals surface area contributed by atoms with Gasteiger partial charge in [-0.25, -0.2) is 15.0 Å². The number of amides is 1. The van der Waals surface area contributed by atoms with Crippen molar-refractivity contribution in [1.29, 1.82) is 0 Å². The van der Waals surface area contributed by atoms with Crippen molar-refractivity contribution in [2.24, 2.45) is 10.7 Å². The van der Waals surface area contributed by atoms with E-state index in [9.17, 15) is 18.0 Å². The zero-order chi connectivity index (χ0) is 28.9. The van der Waals surface area contributed by atoms with E-state index in [0.717, 1.165) is 56.1 Å². The molecule has 3 aromatic rings. The topological polar surface area (TPSA) is 118 Å². The van der Waals surface area contributed by atoms with Crippen LogP contribution in [0.2, 0.25) is 0 Å². The van der Waals surface area contributed by atoms with Crippen LogP contribution in [0.15, 0.2) is 60.4 Å². The van der Waals surface area contributed by atoms with E-state index in [1.807, 2.05) is 0 Å². The molecule has 1 fully saturated rings. The molecule has 1 aromatic heterocycles. The summed E-state index contributed by atoms with van der Waals surface area (Å²) >= 11 is 0. The van der Waals surface area contributed by atoms with Crippen LogP contribution in [-0.2, 0) is 6.18 Å². The number of carbonyl (C=O) groups excluding carboxylic acids is 1. The molecule has 0 bridgehead atoms. The van der Waals surface area contributed by atoms with E-state index in [2.05, 4.69) is 37.1 Å². The van der Waals surface area contributed by atoms with E-state index in [0.29, 0.717) is 23.0 Å². The van der Waals surface area contributed by atoms with Gasteiger partial charge in [0.2, 0.25) is 5.95 Å². The van der Waals surface area contributed by atoms with Crippen molar-refractivity contribution < 1.29 is 22.7 Å². The van der Waals surface area contributed by atoms with Crippen LogP contribution < -0.4 is 26.0 Å². The minimum Gasteiger partial charge on any atom is -0.495 e. The number of methoxy groups -OCH3 is 1. The van der Waals surface area contributed by atoms with Crippen LogP contribution in [0.25, 0.3) is 0 Å². The number of nitrogens with zero attached hydrogens (tertiary/aromatic N) is 4. The van der Waals surface area contributed by atoms with E-state index in [4.69, 9.17) is 10.5 Å². The fourth-order valence-corrected chi connectivity index (χ4v) is 4.26. The standard InChI is InChI=1S/C28H30F3N7O2/c1-4-33-22-16-34-27(38-12-6-5-7-13-38)37-24(22)25(32)35-20-14-18(9-8-17(20)2)26(39)36-21-15-19(28(29,30)31)10-11-23(21)40-3/h4,8-11,14-16,33H,1,5-7,12-13H2,2-3H3,(H2,32,35)(H,36,39). The molecule has 210 valence electrons. The zero-order valence-corrected chi connectivity index (χ0v) is 22.2. The molecule has 2 aromatic carbocycles. The summed E-state index contributed by atoms with van der Waals surface area (Å²) in [6, 6.07) is 7.58. The number of piperidine rings is 1. The maximum atomic E-state index is 13.2. The van der Waals surface area contributed by atoms with E-state index >= 15 is 0 Å². The van der Waals surface area contributed by atoms with Gasteiger partial charge in [0.25, 0.3) is 5.91 Å². The molecule has 4 rings (SSSR count). The lowest BCUT2D eigenvalue weighted by atomic mass is 10.1. The number of aromatic nitrogens is 2.